The molecule has 0 bridgehead atoms. The summed E-state index contributed by atoms with van der Waals surface area (Å²) in [4.78, 5) is 8.50. The fourth-order valence-corrected chi connectivity index (χ4v) is 1.83. The molecular weight excluding hydrogens is 232 g/mol. The number of nitrogens with zero attached hydrogens (tertiary/aromatic N) is 2. The summed E-state index contributed by atoms with van der Waals surface area (Å²) < 4.78 is 11.1. The number of rotatable bonds is 5. The fourth-order valence-electron chi connectivity index (χ4n) is 1.83. The molecule has 6 nitrogen and oxygen atoms in total. The second-order valence-electron chi connectivity index (χ2n) is 4.39. The van der Waals surface area contributed by atoms with Gasteiger partial charge in [0, 0.05) is 6.61 Å². The van der Waals surface area contributed by atoms with Crippen LogP contribution in [0.3, 0.4) is 0 Å². The van der Waals surface area contributed by atoms with Gasteiger partial charge in [-0.1, -0.05) is 13.3 Å². The normalized spacial score (nSPS) is 19.1. The van der Waals surface area contributed by atoms with Crippen LogP contribution in [0.25, 0.3) is 0 Å². The molecule has 18 heavy (non-hydrogen) atoms. The highest BCUT2D eigenvalue weighted by molar-refractivity contribution is 5.64. The summed E-state index contributed by atoms with van der Waals surface area (Å²) in [6.07, 6.45) is 3.86. The minimum atomic E-state index is -0.0820. The first kappa shape index (κ1) is 12.9. The van der Waals surface area contributed by atoms with Gasteiger partial charge in [-0.2, -0.15) is 4.98 Å². The SMILES string of the molecule is CCCCOc1nc(C2CCCO2)nc(N)c1N. The molecule has 1 aromatic rings. The Kier molecular flexibility index (Phi) is 4.19. The van der Waals surface area contributed by atoms with Crippen LogP contribution in [-0.2, 0) is 4.74 Å². The number of nitrogens with two attached hydrogens (primary N) is 2. The molecule has 2 rings (SSSR count). The third kappa shape index (κ3) is 2.81. The van der Waals surface area contributed by atoms with Gasteiger partial charge in [-0.05, 0) is 19.3 Å². The quantitative estimate of drug-likeness (QED) is 0.774. The van der Waals surface area contributed by atoms with Crippen molar-refractivity contribution >= 4 is 11.5 Å². The summed E-state index contributed by atoms with van der Waals surface area (Å²) >= 11 is 0. The Hall–Kier alpha value is -1.56. The molecule has 1 aliphatic heterocycles. The molecule has 1 unspecified atom stereocenters. The monoisotopic (exact) mass is 252 g/mol. The van der Waals surface area contributed by atoms with Crippen molar-refractivity contribution in [1.82, 2.24) is 9.97 Å². The summed E-state index contributed by atoms with van der Waals surface area (Å²) in [6.45, 7) is 3.42. The van der Waals surface area contributed by atoms with Crippen LogP contribution in [-0.4, -0.2) is 23.2 Å². The summed E-state index contributed by atoms with van der Waals surface area (Å²) in [5.41, 5.74) is 11.9. The largest absolute Gasteiger partial charge is 0.476 e. The fraction of sp³-hybridized carbons (Fsp3) is 0.667. The van der Waals surface area contributed by atoms with Gasteiger partial charge < -0.3 is 20.9 Å². The zero-order chi connectivity index (χ0) is 13.0. The topological polar surface area (TPSA) is 96.3 Å². The maximum Gasteiger partial charge on any atom is 0.242 e. The number of nitrogen functional groups attached to an aromatic ring is 2. The molecule has 4 N–H and O–H groups in total. The van der Waals surface area contributed by atoms with Gasteiger partial charge in [0.2, 0.25) is 5.88 Å². The molecular formula is C12H20N4O2. The van der Waals surface area contributed by atoms with Gasteiger partial charge >= 0.3 is 0 Å². The third-order valence-electron chi connectivity index (χ3n) is 2.91. The molecule has 1 atom stereocenters. The van der Waals surface area contributed by atoms with Crippen LogP contribution in [0.15, 0.2) is 0 Å². The lowest BCUT2D eigenvalue weighted by Crippen LogP contribution is -2.11. The Balaban J connectivity index is 2.16. The zero-order valence-electron chi connectivity index (χ0n) is 10.7. The van der Waals surface area contributed by atoms with Crippen LogP contribution in [0.5, 0.6) is 5.88 Å². The maximum atomic E-state index is 5.82. The van der Waals surface area contributed by atoms with E-state index in [2.05, 4.69) is 16.9 Å². The van der Waals surface area contributed by atoms with Crippen molar-refractivity contribution in [2.75, 3.05) is 24.7 Å². The first-order valence-corrected chi connectivity index (χ1v) is 6.39. The minimum absolute atomic E-state index is 0.0820. The van der Waals surface area contributed by atoms with E-state index in [1.54, 1.807) is 0 Å². The Bertz CT molecular complexity index is 405. The van der Waals surface area contributed by atoms with E-state index in [1.807, 2.05) is 0 Å². The first-order chi connectivity index (χ1) is 8.72. The van der Waals surface area contributed by atoms with Gasteiger partial charge in [0.25, 0.3) is 0 Å². The first-order valence-electron chi connectivity index (χ1n) is 6.39. The van der Waals surface area contributed by atoms with Crippen LogP contribution in [0, 0.1) is 0 Å². The van der Waals surface area contributed by atoms with Crippen molar-refractivity contribution in [3.8, 4) is 5.88 Å². The van der Waals surface area contributed by atoms with E-state index in [-0.39, 0.29) is 11.9 Å². The van der Waals surface area contributed by atoms with Crippen molar-refractivity contribution in [3.63, 3.8) is 0 Å². The van der Waals surface area contributed by atoms with Crippen molar-refractivity contribution in [2.45, 2.75) is 38.7 Å². The van der Waals surface area contributed by atoms with E-state index in [0.29, 0.717) is 24.0 Å². The van der Waals surface area contributed by atoms with E-state index in [0.717, 1.165) is 32.3 Å². The molecule has 0 amide bonds. The molecule has 0 radical (unpaired) electrons. The van der Waals surface area contributed by atoms with Crippen molar-refractivity contribution in [3.05, 3.63) is 5.82 Å². The molecule has 1 fully saturated rings. The second kappa shape index (κ2) is 5.86. The van der Waals surface area contributed by atoms with E-state index >= 15 is 0 Å². The molecule has 100 valence electrons. The minimum Gasteiger partial charge on any atom is -0.476 e. The van der Waals surface area contributed by atoms with E-state index in [4.69, 9.17) is 20.9 Å². The number of unbranched alkanes of at least 4 members (excludes halogenated alkanes) is 1. The number of ether oxygens (including phenoxy) is 2. The molecule has 0 aliphatic carbocycles. The smallest absolute Gasteiger partial charge is 0.242 e. The Morgan fingerprint density at radius 3 is 2.89 bits per heavy atom. The van der Waals surface area contributed by atoms with E-state index < -0.39 is 0 Å². The number of hydrogen-bond acceptors (Lipinski definition) is 6. The van der Waals surface area contributed by atoms with Crippen molar-refractivity contribution < 1.29 is 9.47 Å². The van der Waals surface area contributed by atoms with Crippen LogP contribution in [0.4, 0.5) is 11.5 Å². The highest BCUT2D eigenvalue weighted by Gasteiger charge is 2.23. The number of hydrogen-bond donors (Lipinski definition) is 2. The zero-order valence-corrected chi connectivity index (χ0v) is 10.7. The van der Waals surface area contributed by atoms with Crippen LogP contribution in [0.1, 0.15) is 44.5 Å². The highest BCUT2D eigenvalue weighted by Crippen LogP contribution is 2.31. The summed E-state index contributed by atoms with van der Waals surface area (Å²) in [5.74, 6) is 1.22. The average Bonchev–Trinajstić information content (AvgIpc) is 2.88. The standard InChI is InChI=1S/C12H20N4O2/c1-2-3-6-18-12-9(13)10(14)15-11(16-12)8-5-4-7-17-8/h8H,2-7,13H2,1H3,(H2,14,15,16). The number of anilines is 2. The molecule has 0 spiro atoms. The molecule has 2 heterocycles. The van der Waals surface area contributed by atoms with E-state index in [1.165, 1.54) is 0 Å². The van der Waals surface area contributed by atoms with Gasteiger partial charge in [-0.25, -0.2) is 4.98 Å². The van der Waals surface area contributed by atoms with Gasteiger partial charge in [-0.3, -0.25) is 0 Å². The third-order valence-corrected chi connectivity index (χ3v) is 2.91. The summed E-state index contributed by atoms with van der Waals surface area (Å²) in [6, 6.07) is 0. The second-order valence-corrected chi connectivity index (χ2v) is 4.39. The molecule has 1 saturated heterocycles. The Morgan fingerprint density at radius 1 is 1.39 bits per heavy atom. The van der Waals surface area contributed by atoms with Gasteiger partial charge in [0.1, 0.15) is 11.8 Å². The lowest BCUT2D eigenvalue weighted by molar-refractivity contribution is 0.104. The lowest BCUT2D eigenvalue weighted by atomic mass is 10.2. The predicted octanol–water partition coefficient (Wildman–Crippen LogP) is 1.67. The highest BCUT2D eigenvalue weighted by atomic mass is 16.5. The van der Waals surface area contributed by atoms with E-state index in [9.17, 15) is 0 Å². The molecule has 1 aliphatic rings. The Labute approximate surface area is 107 Å². The number of aromatic nitrogens is 2. The predicted molar refractivity (Wildman–Crippen MR) is 69.2 cm³/mol. The van der Waals surface area contributed by atoms with Crippen LogP contribution < -0.4 is 16.2 Å². The van der Waals surface area contributed by atoms with Crippen LogP contribution in [0.2, 0.25) is 0 Å². The van der Waals surface area contributed by atoms with Gasteiger partial charge in [-0.15, -0.1) is 0 Å². The van der Waals surface area contributed by atoms with Crippen LogP contribution >= 0.6 is 0 Å². The maximum absolute atomic E-state index is 5.82. The molecule has 6 heteroatoms. The summed E-state index contributed by atoms with van der Waals surface area (Å²) in [7, 11) is 0. The summed E-state index contributed by atoms with van der Waals surface area (Å²) in [5, 5.41) is 0. The average molecular weight is 252 g/mol. The van der Waals surface area contributed by atoms with Crippen molar-refractivity contribution in [2.24, 2.45) is 0 Å². The van der Waals surface area contributed by atoms with Gasteiger partial charge in [0.05, 0.1) is 6.61 Å². The lowest BCUT2D eigenvalue weighted by Gasteiger charge is -2.13. The molecule has 0 saturated carbocycles. The molecule has 0 aromatic carbocycles. The van der Waals surface area contributed by atoms with Gasteiger partial charge in [0.15, 0.2) is 11.6 Å². The molecule has 1 aromatic heterocycles. The van der Waals surface area contributed by atoms with Crippen molar-refractivity contribution in [1.29, 1.82) is 0 Å². The Morgan fingerprint density at radius 2 is 2.22 bits per heavy atom.